The normalized spacial score (nSPS) is 11.8. The number of aliphatic hydroxyl groups excluding tert-OH is 1. The Hall–Kier alpha value is -3.12. The van der Waals surface area contributed by atoms with Crippen LogP contribution in [0.4, 0.5) is 5.69 Å². The summed E-state index contributed by atoms with van der Waals surface area (Å²) in [7, 11) is 1.88. The molecule has 1 atom stereocenters. The molecule has 1 N–H and O–H groups in total. The molecule has 0 amide bonds. The summed E-state index contributed by atoms with van der Waals surface area (Å²) in [4.78, 5) is 10.9. The van der Waals surface area contributed by atoms with Crippen molar-refractivity contribution < 1.29 is 19.4 Å². The zero-order chi connectivity index (χ0) is 18.8. The molecule has 2 aromatic rings. The Labute approximate surface area is 153 Å². The van der Waals surface area contributed by atoms with Crippen LogP contribution in [-0.2, 0) is 9.53 Å². The number of carbonyl (C=O) groups is 1. The van der Waals surface area contributed by atoms with Gasteiger partial charge in [-0.1, -0.05) is 24.8 Å². The Bertz CT molecular complexity index is 729. The summed E-state index contributed by atoms with van der Waals surface area (Å²) < 4.78 is 10.2. The minimum atomic E-state index is -0.903. The lowest BCUT2D eigenvalue weighted by atomic mass is 10.2. The van der Waals surface area contributed by atoms with E-state index in [2.05, 4.69) is 11.7 Å². The maximum Gasteiger partial charge on any atom is 0.330 e. The highest BCUT2D eigenvalue weighted by atomic mass is 16.5. The fourth-order valence-electron chi connectivity index (χ4n) is 1.99. The molecule has 0 saturated carbocycles. The lowest BCUT2D eigenvalue weighted by Gasteiger charge is -2.13. The number of ether oxygens (including phenoxy) is 2. The van der Waals surface area contributed by atoms with Crippen molar-refractivity contribution in [2.45, 2.75) is 6.10 Å². The van der Waals surface area contributed by atoms with Crippen LogP contribution in [0.15, 0.2) is 72.4 Å². The fraction of sp³-hybridized carbons (Fsp3) is 0.200. The van der Waals surface area contributed by atoms with Gasteiger partial charge in [-0.05, 0) is 42.0 Å². The average molecular weight is 354 g/mol. The highest BCUT2D eigenvalue weighted by Gasteiger charge is 2.08. The highest BCUT2D eigenvalue weighted by Crippen LogP contribution is 2.13. The summed E-state index contributed by atoms with van der Waals surface area (Å²) in [5, 5.41) is 15.9. The smallest absolute Gasteiger partial charge is 0.330 e. The van der Waals surface area contributed by atoms with Crippen LogP contribution < -0.4 is 9.75 Å². The van der Waals surface area contributed by atoms with Gasteiger partial charge in [-0.2, -0.15) is 5.10 Å². The molecule has 0 radical (unpaired) electrons. The third-order valence-electron chi connectivity index (χ3n) is 3.42. The summed E-state index contributed by atoms with van der Waals surface area (Å²) in [5.74, 6) is 0.0285. The van der Waals surface area contributed by atoms with Crippen LogP contribution in [0.1, 0.15) is 5.56 Å². The van der Waals surface area contributed by atoms with Crippen LogP contribution in [0.25, 0.3) is 0 Å². The minimum Gasteiger partial charge on any atom is -0.491 e. The zero-order valence-corrected chi connectivity index (χ0v) is 14.6. The van der Waals surface area contributed by atoms with E-state index in [0.717, 1.165) is 17.3 Å². The van der Waals surface area contributed by atoms with Crippen molar-refractivity contribution in [3.8, 4) is 5.75 Å². The lowest BCUT2D eigenvalue weighted by Crippen LogP contribution is -2.24. The number of rotatable bonds is 9. The summed E-state index contributed by atoms with van der Waals surface area (Å²) in [5.41, 5.74) is 1.91. The first-order chi connectivity index (χ1) is 12.6. The number of hydrazone groups is 1. The summed E-state index contributed by atoms with van der Waals surface area (Å²) in [6.07, 6.45) is 1.89. The second-order valence-electron chi connectivity index (χ2n) is 5.47. The molecule has 2 rings (SSSR count). The van der Waals surface area contributed by atoms with Gasteiger partial charge in [0.15, 0.2) is 0 Å². The predicted octanol–water partition coefficient (Wildman–Crippen LogP) is 2.63. The molecule has 0 saturated heterocycles. The molecule has 6 nitrogen and oxygen atoms in total. The molecule has 0 aliphatic rings. The van der Waals surface area contributed by atoms with Gasteiger partial charge in [0, 0.05) is 13.1 Å². The lowest BCUT2D eigenvalue weighted by molar-refractivity contribution is -0.141. The van der Waals surface area contributed by atoms with Crippen LogP contribution >= 0.6 is 0 Å². The van der Waals surface area contributed by atoms with E-state index >= 15 is 0 Å². The molecule has 0 aromatic heterocycles. The number of aliphatic hydroxyl groups is 1. The van der Waals surface area contributed by atoms with Crippen LogP contribution in [0.3, 0.4) is 0 Å². The predicted molar refractivity (Wildman–Crippen MR) is 102 cm³/mol. The number of anilines is 1. The van der Waals surface area contributed by atoms with E-state index in [1.807, 2.05) is 49.5 Å². The van der Waals surface area contributed by atoms with Gasteiger partial charge in [-0.3, -0.25) is 5.01 Å². The number of para-hydroxylation sites is 1. The Morgan fingerprint density at radius 1 is 1.19 bits per heavy atom. The first-order valence-electron chi connectivity index (χ1n) is 8.11. The molecular formula is C20H22N2O4. The number of benzene rings is 2. The molecule has 0 heterocycles. The first-order valence-corrected chi connectivity index (χ1v) is 8.11. The second-order valence-corrected chi connectivity index (χ2v) is 5.47. The summed E-state index contributed by atoms with van der Waals surface area (Å²) >= 11 is 0. The molecular weight excluding hydrogens is 332 g/mol. The second kappa shape index (κ2) is 10.0. The Morgan fingerprint density at radius 2 is 1.88 bits per heavy atom. The molecule has 0 aliphatic carbocycles. The van der Waals surface area contributed by atoms with Crippen molar-refractivity contribution in [2.75, 3.05) is 25.3 Å². The van der Waals surface area contributed by atoms with Gasteiger partial charge >= 0.3 is 5.97 Å². The SMILES string of the molecule is C=CC(=O)OCC(O)COc1ccc(C=NN(C)c2ccccc2)cc1. The third kappa shape index (κ3) is 6.41. The Balaban J connectivity index is 1.81. The van der Waals surface area contributed by atoms with Gasteiger partial charge in [0.2, 0.25) is 0 Å². The molecule has 6 heteroatoms. The van der Waals surface area contributed by atoms with E-state index in [1.54, 1.807) is 23.4 Å². The van der Waals surface area contributed by atoms with Crippen molar-refractivity contribution in [3.63, 3.8) is 0 Å². The number of hydrogen-bond acceptors (Lipinski definition) is 6. The van der Waals surface area contributed by atoms with Gasteiger partial charge in [-0.15, -0.1) is 0 Å². The molecule has 26 heavy (non-hydrogen) atoms. The van der Waals surface area contributed by atoms with Crippen LogP contribution in [-0.4, -0.2) is 43.7 Å². The van der Waals surface area contributed by atoms with E-state index in [9.17, 15) is 9.90 Å². The van der Waals surface area contributed by atoms with Crippen molar-refractivity contribution in [1.82, 2.24) is 0 Å². The van der Waals surface area contributed by atoms with E-state index in [1.165, 1.54) is 0 Å². The van der Waals surface area contributed by atoms with E-state index in [0.29, 0.717) is 5.75 Å². The third-order valence-corrected chi connectivity index (χ3v) is 3.42. The van der Waals surface area contributed by atoms with Gasteiger partial charge in [0.05, 0.1) is 11.9 Å². The fourth-order valence-corrected chi connectivity index (χ4v) is 1.99. The molecule has 1 unspecified atom stereocenters. The quantitative estimate of drug-likeness (QED) is 0.324. The molecule has 136 valence electrons. The Morgan fingerprint density at radius 3 is 2.54 bits per heavy atom. The molecule has 0 spiro atoms. The highest BCUT2D eigenvalue weighted by molar-refractivity contribution is 5.81. The zero-order valence-electron chi connectivity index (χ0n) is 14.6. The van der Waals surface area contributed by atoms with Gasteiger partial charge < -0.3 is 14.6 Å². The van der Waals surface area contributed by atoms with Crippen molar-refractivity contribution >= 4 is 17.9 Å². The number of hydrogen-bond donors (Lipinski definition) is 1. The van der Waals surface area contributed by atoms with Crippen molar-refractivity contribution in [2.24, 2.45) is 5.10 Å². The monoisotopic (exact) mass is 354 g/mol. The topological polar surface area (TPSA) is 71.4 Å². The van der Waals surface area contributed by atoms with Crippen molar-refractivity contribution in [3.05, 3.63) is 72.8 Å². The number of carbonyl (C=O) groups excluding carboxylic acids is 1. The van der Waals surface area contributed by atoms with Crippen LogP contribution in [0, 0.1) is 0 Å². The van der Waals surface area contributed by atoms with Crippen LogP contribution in [0.2, 0.25) is 0 Å². The summed E-state index contributed by atoms with van der Waals surface area (Å²) in [6, 6.07) is 17.1. The largest absolute Gasteiger partial charge is 0.491 e. The van der Waals surface area contributed by atoms with Crippen molar-refractivity contribution in [1.29, 1.82) is 0 Å². The first kappa shape index (κ1) is 19.2. The van der Waals surface area contributed by atoms with Gasteiger partial charge in [0.25, 0.3) is 0 Å². The van der Waals surface area contributed by atoms with E-state index < -0.39 is 12.1 Å². The van der Waals surface area contributed by atoms with Crippen LogP contribution in [0.5, 0.6) is 5.75 Å². The number of esters is 1. The van der Waals surface area contributed by atoms with Gasteiger partial charge in [0.1, 0.15) is 25.1 Å². The molecule has 0 bridgehead atoms. The average Bonchev–Trinajstić information content (AvgIpc) is 2.70. The Kier molecular flexibility index (Phi) is 7.39. The maximum atomic E-state index is 10.9. The minimum absolute atomic E-state index is 0.0224. The number of nitrogens with zero attached hydrogens (tertiary/aromatic N) is 2. The standard InChI is InChI=1S/C20H22N2O4/c1-3-20(24)26-15-18(23)14-25-19-11-9-16(10-12-19)13-21-22(2)17-7-5-4-6-8-17/h3-13,18,23H,1,14-15H2,2H3. The van der Waals surface area contributed by atoms with E-state index in [4.69, 9.17) is 9.47 Å². The van der Waals surface area contributed by atoms with Gasteiger partial charge in [-0.25, -0.2) is 4.79 Å². The van der Waals surface area contributed by atoms with E-state index in [-0.39, 0.29) is 13.2 Å². The molecule has 2 aromatic carbocycles. The maximum absolute atomic E-state index is 10.9. The summed E-state index contributed by atoms with van der Waals surface area (Å²) in [6.45, 7) is 3.17. The molecule has 0 aliphatic heterocycles. The molecule has 0 fully saturated rings.